The second-order valence-corrected chi connectivity index (χ2v) is 15.0. The molecule has 3 aromatic carbocycles. The zero-order chi connectivity index (χ0) is 39.3. The monoisotopic (exact) mass is 795 g/mol. The summed E-state index contributed by atoms with van der Waals surface area (Å²) in [7, 11) is -2.33. The summed E-state index contributed by atoms with van der Waals surface area (Å²) in [6.07, 6.45) is 1.17. The molecular weight excluding hydrogens is 753 g/mol. The summed E-state index contributed by atoms with van der Waals surface area (Å²) >= 11 is 0. The summed E-state index contributed by atoms with van der Waals surface area (Å²) in [4.78, 5) is 44.9. The smallest absolute Gasteiger partial charge is 0.424 e. The molecule has 1 unspecified atom stereocenters. The Morgan fingerprint density at radius 1 is 0.927 bits per heavy atom. The van der Waals surface area contributed by atoms with Gasteiger partial charge in [-0.1, -0.05) is 63.6 Å². The van der Waals surface area contributed by atoms with E-state index in [9.17, 15) is 27.2 Å². The fourth-order valence-electron chi connectivity index (χ4n) is 5.55. The van der Waals surface area contributed by atoms with E-state index >= 15 is 0 Å². The normalized spacial score (nSPS) is 13.5. The van der Waals surface area contributed by atoms with Crippen molar-refractivity contribution in [3.05, 3.63) is 102 Å². The van der Waals surface area contributed by atoms with Crippen LogP contribution in [0.1, 0.15) is 51.2 Å². The lowest BCUT2D eigenvalue weighted by Gasteiger charge is -2.24. The van der Waals surface area contributed by atoms with E-state index in [4.69, 9.17) is 19.9 Å². The van der Waals surface area contributed by atoms with E-state index in [0.29, 0.717) is 12.1 Å². The molecule has 2 N–H and O–H groups in total. The number of hydrogen-bond acceptors (Lipinski definition) is 11. The van der Waals surface area contributed by atoms with Gasteiger partial charge in [0.05, 0.1) is 17.7 Å². The average Bonchev–Trinajstić information content (AvgIpc) is 3.56. The second-order valence-electron chi connectivity index (χ2n) is 13.0. The summed E-state index contributed by atoms with van der Waals surface area (Å²) < 4.78 is 55.7. The molecule has 0 aliphatic rings. The first-order valence-corrected chi connectivity index (χ1v) is 19.1. The molecule has 16 heteroatoms. The number of pyridine rings is 1. The maximum absolute atomic E-state index is 13.8. The number of ether oxygens (including phenoxy) is 3. The zero-order valence-electron chi connectivity index (χ0n) is 31.1. The fraction of sp³-hybridized carbons (Fsp3) is 0.308. The molecule has 13 nitrogen and oxygen atoms in total. The Balaban J connectivity index is 0.00000673. The van der Waals surface area contributed by atoms with Crippen LogP contribution in [0.2, 0.25) is 0 Å². The highest BCUT2D eigenvalue weighted by Gasteiger charge is 2.31. The van der Waals surface area contributed by atoms with E-state index in [2.05, 4.69) is 10.1 Å². The van der Waals surface area contributed by atoms with Gasteiger partial charge in [-0.15, -0.1) is 17.5 Å². The third kappa shape index (κ3) is 10.0. The van der Waals surface area contributed by atoms with E-state index in [1.165, 1.54) is 48.9 Å². The van der Waals surface area contributed by atoms with Crippen LogP contribution in [0.15, 0.2) is 90.0 Å². The van der Waals surface area contributed by atoms with E-state index < -0.39 is 40.1 Å². The van der Waals surface area contributed by atoms with Crippen molar-refractivity contribution in [3.63, 3.8) is 0 Å². The van der Waals surface area contributed by atoms with E-state index in [1.807, 2.05) is 37.3 Å². The number of Topliss-reactive ketones (excluding diaryl/α,β-unsaturated/α-hetero) is 1. The molecule has 0 aliphatic heterocycles. The second kappa shape index (κ2) is 17.8. The number of esters is 1. The van der Waals surface area contributed by atoms with Gasteiger partial charge in [0.25, 0.3) is 5.95 Å². The standard InChI is InChI=1S/C39H42FN5O8S.ClH/c1-7-23(2)36(41)37(47)52-25(4)53-39(48)45(32-18-17-31(54(6,49)50)21-34(32)51-5)38-42-35-19-14-29(22-44(35)43-38)28-10-8-26(9-11-28)20-33(46)24(3)27-12-15-30(40)16-13-27;/h8-19,21-25,36H,7,20,41H2,1-6H3;1H/t23-,24+,25?,36-;/m0./s1. The SMILES string of the molecule is CC[C@H](C)[C@H](N)C(=O)OC(C)OC(=O)N(c1nc2ccc(-c3ccc(CC(=O)[C@H](C)c4ccc(F)cc4)cc3)cn2n1)c1ccc(S(C)(=O)=O)cc1OC.Cl. The van der Waals surface area contributed by atoms with Crippen molar-refractivity contribution in [2.45, 2.75) is 63.7 Å². The summed E-state index contributed by atoms with van der Waals surface area (Å²) in [6, 6.07) is 19.9. The number of methoxy groups -OCH3 is 1. The van der Waals surface area contributed by atoms with E-state index in [-0.39, 0.29) is 58.6 Å². The molecule has 2 aromatic heterocycles. The quantitative estimate of drug-likeness (QED) is 0.0923. The molecule has 5 aromatic rings. The van der Waals surface area contributed by atoms with Gasteiger partial charge < -0.3 is 19.9 Å². The number of benzene rings is 3. The third-order valence-electron chi connectivity index (χ3n) is 9.12. The van der Waals surface area contributed by atoms with Crippen LogP contribution >= 0.6 is 12.4 Å². The van der Waals surface area contributed by atoms with Gasteiger partial charge in [-0.3, -0.25) is 9.59 Å². The lowest BCUT2D eigenvalue weighted by atomic mass is 9.92. The van der Waals surface area contributed by atoms with Crippen molar-refractivity contribution >= 4 is 57.4 Å². The number of carbonyl (C=O) groups excluding carboxylic acids is 3. The zero-order valence-corrected chi connectivity index (χ0v) is 32.8. The minimum absolute atomic E-state index is 0. The molecule has 0 saturated heterocycles. The molecule has 5 rings (SSSR count). The molecule has 292 valence electrons. The van der Waals surface area contributed by atoms with Crippen LogP contribution in [0.4, 0.5) is 20.8 Å². The van der Waals surface area contributed by atoms with Crippen molar-refractivity contribution in [3.8, 4) is 16.9 Å². The number of carbonyl (C=O) groups is 3. The minimum atomic E-state index is -3.64. The summed E-state index contributed by atoms with van der Waals surface area (Å²) in [6.45, 7) is 6.84. The first-order chi connectivity index (χ1) is 25.6. The van der Waals surface area contributed by atoms with Gasteiger partial charge in [0.1, 0.15) is 23.4 Å². The number of nitrogens with zero attached hydrogens (tertiary/aromatic N) is 4. The van der Waals surface area contributed by atoms with Crippen LogP contribution in [0.25, 0.3) is 16.8 Å². The van der Waals surface area contributed by atoms with Gasteiger partial charge in [-0.25, -0.2) is 27.0 Å². The van der Waals surface area contributed by atoms with Crippen LogP contribution in [-0.4, -0.2) is 66.6 Å². The largest absolute Gasteiger partial charge is 0.495 e. The molecule has 2 heterocycles. The predicted molar refractivity (Wildman–Crippen MR) is 207 cm³/mol. The minimum Gasteiger partial charge on any atom is -0.495 e. The molecule has 0 bridgehead atoms. The van der Waals surface area contributed by atoms with E-state index in [1.54, 1.807) is 38.2 Å². The number of sulfone groups is 1. The maximum Gasteiger partial charge on any atom is 0.424 e. The molecule has 55 heavy (non-hydrogen) atoms. The van der Waals surface area contributed by atoms with Gasteiger partial charge in [-0.05, 0) is 59.0 Å². The molecule has 0 saturated carbocycles. The van der Waals surface area contributed by atoms with Crippen molar-refractivity contribution in [1.29, 1.82) is 0 Å². The number of fused-ring (bicyclic) bond motifs is 1. The lowest BCUT2D eigenvalue weighted by Crippen LogP contribution is -2.41. The molecule has 4 atom stereocenters. The van der Waals surface area contributed by atoms with Crippen LogP contribution in [0.3, 0.4) is 0 Å². The highest BCUT2D eigenvalue weighted by molar-refractivity contribution is 7.90. The molecule has 1 amide bonds. The summed E-state index contributed by atoms with van der Waals surface area (Å²) in [5, 5.41) is 4.55. The topological polar surface area (TPSA) is 172 Å². The third-order valence-corrected chi connectivity index (χ3v) is 10.2. The lowest BCUT2D eigenvalue weighted by molar-refractivity contribution is -0.167. The number of anilines is 2. The highest BCUT2D eigenvalue weighted by atomic mass is 35.5. The van der Waals surface area contributed by atoms with Gasteiger partial charge in [-0.2, -0.15) is 4.98 Å². The Labute approximate surface area is 324 Å². The van der Waals surface area contributed by atoms with Gasteiger partial charge in [0, 0.05) is 43.3 Å². The van der Waals surface area contributed by atoms with Crippen LogP contribution in [0, 0.1) is 11.7 Å². The number of amides is 1. The van der Waals surface area contributed by atoms with E-state index in [0.717, 1.165) is 33.4 Å². The first kappa shape index (κ1) is 42.4. The van der Waals surface area contributed by atoms with Gasteiger partial charge >= 0.3 is 12.1 Å². The molecule has 0 aliphatic carbocycles. The van der Waals surface area contributed by atoms with Crippen molar-refractivity contribution < 1.29 is 41.4 Å². The molecule has 0 fully saturated rings. The Hall–Kier alpha value is -5.38. The number of halogens is 2. The van der Waals surface area contributed by atoms with Crippen LogP contribution < -0.4 is 15.4 Å². The Morgan fingerprint density at radius 2 is 1.58 bits per heavy atom. The Kier molecular flexibility index (Phi) is 13.7. The Bertz CT molecular complexity index is 2270. The van der Waals surface area contributed by atoms with Crippen molar-refractivity contribution in [2.24, 2.45) is 11.7 Å². The van der Waals surface area contributed by atoms with Gasteiger partial charge in [0.2, 0.25) is 6.29 Å². The number of rotatable bonds is 14. The number of hydrogen-bond donors (Lipinski definition) is 1. The van der Waals surface area contributed by atoms with Crippen LogP contribution in [-0.2, 0) is 35.3 Å². The van der Waals surface area contributed by atoms with Crippen molar-refractivity contribution in [2.75, 3.05) is 18.3 Å². The Morgan fingerprint density at radius 3 is 2.20 bits per heavy atom. The summed E-state index contributed by atoms with van der Waals surface area (Å²) in [5.41, 5.74) is 9.54. The number of nitrogens with two attached hydrogens (primary N) is 1. The average molecular weight is 796 g/mol. The maximum atomic E-state index is 13.8. The van der Waals surface area contributed by atoms with Gasteiger partial charge in [0.15, 0.2) is 15.5 Å². The number of ketones is 1. The fourth-order valence-corrected chi connectivity index (χ4v) is 6.19. The number of aromatic nitrogens is 3. The first-order valence-electron chi connectivity index (χ1n) is 17.2. The van der Waals surface area contributed by atoms with Crippen molar-refractivity contribution in [1.82, 2.24) is 14.6 Å². The summed E-state index contributed by atoms with van der Waals surface area (Å²) in [5.74, 6) is -1.82. The molecule has 0 radical (unpaired) electrons. The molecular formula is C39H43ClFN5O8S. The van der Waals surface area contributed by atoms with Crippen LogP contribution in [0.5, 0.6) is 5.75 Å². The predicted octanol–water partition coefficient (Wildman–Crippen LogP) is 6.82. The highest BCUT2D eigenvalue weighted by Crippen LogP contribution is 2.36. The molecule has 0 spiro atoms.